The molecule has 2 amide bonds. The summed E-state index contributed by atoms with van der Waals surface area (Å²) in [6, 6.07) is 11.5. The summed E-state index contributed by atoms with van der Waals surface area (Å²) in [6.07, 6.45) is 4.90. The number of Topliss-reactive ketones (excluding diaryl/α,β-unsaturated/α-hetero) is 1. The third-order valence-electron chi connectivity index (χ3n) is 6.09. The van der Waals surface area contributed by atoms with E-state index in [0.29, 0.717) is 31.5 Å². The van der Waals surface area contributed by atoms with Gasteiger partial charge in [0.05, 0.1) is 6.04 Å². The summed E-state index contributed by atoms with van der Waals surface area (Å²) in [5.41, 5.74) is 1.90. The van der Waals surface area contributed by atoms with Gasteiger partial charge in [-0.3, -0.25) is 14.6 Å². The third-order valence-corrected chi connectivity index (χ3v) is 6.09. The van der Waals surface area contributed by atoms with Crippen LogP contribution in [0, 0.1) is 11.8 Å². The van der Waals surface area contributed by atoms with Crippen LogP contribution in [0.5, 0.6) is 0 Å². The fraction of sp³-hybridized carbons (Fsp3) is 0.483. The maximum Gasteiger partial charge on any atom is 0.408 e. The Balaban J connectivity index is 1.59. The molecule has 0 saturated carbocycles. The van der Waals surface area contributed by atoms with E-state index in [1.54, 1.807) is 12.4 Å². The Morgan fingerprint density at radius 1 is 0.875 bits per heavy atom. The van der Waals surface area contributed by atoms with Gasteiger partial charge < -0.3 is 15.4 Å². The second-order valence-electron chi connectivity index (χ2n) is 10.6. The van der Waals surface area contributed by atoms with Crippen molar-refractivity contribution in [1.82, 2.24) is 35.8 Å². The van der Waals surface area contributed by atoms with E-state index in [-0.39, 0.29) is 30.8 Å². The maximum absolute atomic E-state index is 13.3. The zero-order valence-electron chi connectivity index (χ0n) is 23.6. The average molecular weight is 550 g/mol. The minimum Gasteiger partial charge on any atom is -0.445 e. The zero-order chi connectivity index (χ0) is 28.9. The Bertz CT molecular complexity index is 1220. The summed E-state index contributed by atoms with van der Waals surface area (Å²) in [4.78, 5) is 44.4. The van der Waals surface area contributed by atoms with Gasteiger partial charge in [0, 0.05) is 18.8 Å². The Morgan fingerprint density at radius 3 is 2.25 bits per heavy atom. The largest absolute Gasteiger partial charge is 0.445 e. The van der Waals surface area contributed by atoms with Crippen LogP contribution in [0.15, 0.2) is 54.9 Å². The number of benzene rings is 1. The number of carbonyl (C=O) groups is 3. The second kappa shape index (κ2) is 15.4. The van der Waals surface area contributed by atoms with Crippen molar-refractivity contribution in [3.63, 3.8) is 0 Å². The number of ketones is 1. The lowest BCUT2D eigenvalue weighted by Gasteiger charge is -2.24. The molecule has 2 aromatic heterocycles. The van der Waals surface area contributed by atoms with Gasteiger partial charge in [0.1, 0.15) is 19.2 Å². The standard InChI is InChI=1S/C29H39N7O4/c1-20(2)15-24(26(37)18-36-34-27(33-35-36)13-12-22-11-8-14-30-17-22)31-28(38)25(16-21(3)4)32-29(39)40-19-23-9-6-5-7-10-23/h5-11,14,17,20-21,24-25H,12-13,15-16,18-19H2,1-4H3,(H,31,38)(H,32,39)/t24-,25-/m0/s1. The van der Waals surface area contributed by atoms with E-state index in [2.05, 4.69) is 31.0 Å². The Hall–Kier alpha value is -4.15. The highest BCUT2D eigenvalue weighted by atomic mass is 16.5. The highest BCUT2D eigenvalue weighted by Crippen LogP contribution is 2.11. The summed E-state index contributed by atoms with van der Waals surface area (Å²) in [6.45, 7) is 7.82. The minimum atomic E-state index is -0.852. The molecule has 3 aromatic rings. The van der Waals surface area contributed by atoms with Crippen molar-refractivity contribution < 1.29 is 19.1 Å². The van der Waals surface area contributed by atoms with E-state index in [4.69, 9.17) is 4.74 Å². The molecule has 0 fully saturated rings. The molecule has 0 aliphatic carbocycles. The van der Waals surface area contributed by atoms with E-state index in [9.17, 15) is 14.4 Å². The van der Waals surface area contributed by atoms with Gasteiger partial charge in [0.2, 0.25) is 5.91 Å². The molecule has 0 aliphatic rings. The number of hydrogen-bond donors (Lipinski definition) is 2. The van der Waals surface area contributed by atoms with Gasteiger partial charge in [-0.05, 0) is 53.5 Å². The molecule has 214 valence electrons. The molecule has 3 rings (SSSR count). The first kappa shape index (κ1) is 30.4. The van der Waals surface area contributed by atoms with Gasteiger partial charge in [-0.2, -0.15) is 4.80 Å². The predicted molar refractivity (Wildman–Crippen MR) is 149 cm³/mol. The van der Waals surface area contributed by atoms with Crippen LogP contribution in [-0.2, 0) is 40.3 Å². The SMILES string of the molecule is CC(C)C[C@H](NC(=O)[C@H](CC(C)C)NC(=O)OCc1ccccc1)C(=O)Cn1nnc(CCc2cccnc2)n1. The highest BCUT2D eigenvalue weighted by Gasteiger charge is 2.28. The molecule has 0 bridgehead atoms. The van der Waals surface area contributed by atoms with Crippen LogP contribution in [-0.4, -0.2) is 55.1 Å². The van der Waals surface area contributed by atoms with E-state index in [0.717, 1.165) is 11.1 Å². The van der Waals surface area contributed by atoms with E-state index in [1.807, 2.05) is 70.2 Å². The lowest BCUT2D eigenvalue weighted by molar-refractivity contribution is -0.130. The number of nitrogens with one attached hydrogen (secondary N) is 2. The molecular weight excluding hydrogens is 510 g/mol. The van der Waals surface area contributed by atoms with Crippen LogP contribution in [0.3, 0.4) is 0 Å². The Kier molecular flexibility index (Phi) is 11.7. The fourth-order valence-corrected chi connectivity index (χ4v) is 4.12. The predicted octanol–water partition coefficient (Wildman–Crippen LogP) is 3.29. The summed E-state index contributed by atoms with van der Waals surface area (Å²) in [5, 5.41) is 17.9. The van der Waals surface area contributed by atoms with Gasteiger partial charge in [0.25, 0.3) is 0 Å². The molecule has 0 spiro atoms. The second-order valence-corrected chi connectivity index (χ2v) is 10.6. The number of tetrazole rings is 1. The molecule has 1 aromatic carbocycles. The molecule has 11 nitrogen and oxygen atoms in total. The highest BCUT2D eigenvalue weighted by molar-refractivity contribution is 5.92. The number of hydrogen-bond acceptors (Lipinski definition) is 8. The van der Waals surface area contributed by atoms with Crippen LogP contribution in [0.2, 0.25) is 0 Å². The normalized spacial score (nSPS) is 12.7. The summed E-state index contributed by atoms with van der Waals surface area (Å²) in [5.74, 6) is 0.104. The van der Waals surface area contributed by atoms with Gasteiger partial charge >= 0.3 is 6.09 Å². The van der Waals surface area contributed by atoms with Crippen LogP contribution >= 0.6 is 0 Å². The summed E-state index contributed by atoms with van der Waals surface area (Å²) in [7, 11) is 0. The van der Waals surface area contributed by atoms with E-state index >= 15 is 0 Å². The monoisotopic (exact) mass is 549 g/mol. The lowest BCUT2D eigenvalue weighted by Crippen LogP contribution is -2.52. The summed E-state index contributed by atoms with van der Waals surface area (Å²) >= 11 is 0. The topological polar surface area (TPSA) is 141 Å². The van der Waals surface area contributed by atoms with Crippen LogP contribution < -0.4 is 10.6 Å². The van der Waals surface area contributed by atoms with Gasteiger partial charge in [-0.15, -0.1) is 10.2 Å². The first-order valence-electron chi connectivity index (χ1n) is 13.7. The van der Waals surface area contributed by atoms with Gasteiger partial charge in [0.15, 0.2) is 11.6 Å². The lowest BCUT2D eigenvalue weighted by atomic mass is 9.98. The number of alkyl carbamates (subject to hydrolysis) is 1. The molecule has 2 heterocycles. The molecule has 0 unspecified atom stereocenters. The van der Waals surface area contributed by atoms with Crippen molar-refractivity contribution >= 4 is 17.8 Å². The van der Waals surface area contributed by atoms with Crippen LogP contribution in [0.4, 0.5) is 4.79 Å². The van der Waals surface area contributed by atoms with Crippen molar-refractivity contribution in [2.24, 2.45) is 11.8 Å². The number of carbonyl (C=O) groups excluding carboxylic acids is 3. The average Bonchev–Trinajstić information content (AvgIpc) is 3.37. The third kappa shape index (κ3) is 10.5. The van der Waals surface area contributed by atoms with Gasteiger partial charge in [-0.25, -0.2) is 4.79 Å². The molecule has 11 heteroatoms. The van der Waals surface area contributed by atoms with Crippen molar-refractivity contribution in [3.8, 4) is 0 Å². The van der Waals surface area contributed by atoms with Crippen molar-refractivity contribution in [3.05, 3.63) is 71.8 Å². The number of nitrogens with zero attached hydrogens (tertiary/aromatic N) is 5. The maximum atomic E-state index is 13.3. The Morgan fingerprint density at radius 2 is 1.57 bits per heavy atom. The van der Waals surface area contributed by atoms with Gasteiger partial charge in [-0.1, -0.05) is 64.1 Å². The quantitative estimate of drug-likeness (QED) is 0.294. The molecular formula is C29H39N7O4. The molecule has 0 aliphatic heterocycles. The van der Waals surface area contributed by atoms with Crippen molar-refractivity contribution in [1.29, 1.82) is 0 Å². The molecule has 2 N–H and O–H groups in total. The number of pyridine rings is 1. The zero-order valence-corrected chi connectivity index (χ0v) is 23.6. The number of aryl methyl sites for hydroxylation is 2. The first-order chi connectivity index (χ1) is 19.2. The van der Waals surface area contributed by atoms with Crippen LogP contribution in [0.1, 0.15) is 57.5 Å². The molecule has 0 saturated heterocycles. The molecule has 0 radical (unpaired) electrons. The number of rotatable bonds is 15. The number of amides is 2. The van der Waals surface area contributed by atoms with Crippen molar-refractivity contribution in [2.75, 3.05) is 0 Å². The fourth-order valence-electron chi connectivity index (χ4n) is 4.12. The summed E-state index contributed by atoms with van der Waals surface area (Å²) < 4.78 is 5.31. The minimum absolute atomic E-state index is 0.0896. The Labute approximate surface area is 235 Å². The number of aromatic nitrogens is 5. The van der Waals surface area contributed by atoms with Crippen molar-refractivity contribution in [2.45, 2.75) is 78.6 Å². The smallest absolute Gasteiger partial charge is 0.408 e. The molecule has 40 heavy (non-hydrogen) atoms. The van der Waals surface area contributed by atoms with E-state index in [1.165, 1.54) is 4.80 Å². The first-order valence-corrected chi connectivity index (χ1v) is 13.7. The van der Waals surface area contributed by atoms with Crippen LogP contribution in [0.25, 0.3) is 0 Å². The molecule has 2 atom stereocenters. The number of ether oxygens (including phenoxy) is 1. The van der Waals surface area contributed by atoms with E-state index < -0.39 is 24.1 Å².